The molecule has 4 nitrogen and oxygen atoms in total. The maximum absolute atomic E-state index is 11.2. The van der Waals surface area contributed by atoms with Gasteiger partial charge in [0.2, 0.25) is 0 Å². The Morgan fingerprint density at radius 1 is 1.44 bits per heavy atom. The van der Waals surface area contributed by atoms with Gasteiger partial charge in [0.25, 0.3) is 5.91 Å². The summed E-state index contributed by atoms with van der Waals surface area (Å²) < 4.78 is 0. The van der Waals surface area contributed by atoms with Crippen molar-refractivity contribution in [1.82, 2.24) is 4.98 Å². The van der Waals surface area contributed by atoms with E-state index in [1.807, 2.05) is 13.0 Å². The minimum Gasteiger partial charge on any atom is -0.505 e. The predicted octanol–water partition coefficient (Wildman–Crippen LogP) is 2.30. The lowest BCUT2D eigenvalue weighted by Crippen LogP contribution is -2.11. The van der Waals surface area contributed by atoms with E-state index in [2.05, 4.69) is 11.9 Å². The van der Waals surface area contributed by atoms with E-state index in [0.29, 0.717) is 5.52 Å². The highest BCUT2D eigenvalue weighted by atomic mass is 16.3. The average molecular weight is 244 g/mol. The zero-order valence-electron chi connectivity index (χ0n) is 10.5. The number of fused-ring (bicyclic) bond motifs is 1. The Morgan fingerprint density at radius 3 is 2.78 bits per heavy atom. The zero-order chi connectivity index (χ0) is 13.3. The van der Waals surface area contributed by atoms with E-state index >= 15 is 0 Å². The molecular formula is C14H16N2O2. The molecule has 0 atom stereocenters. The Balaban J connectivity index is 2.71. The second kappa shape index (κ2) is 4.64. The maximum Gasteiger partial charge on any atom is 0.252 e. The van der Waals surface area contributed by atoms with Crippen LogP contribution in [0.25, 0.3) is 10.9 Å². The summed E-state index contributed by atoms with van der Waals surface area (Å²) in [7, 11) is 0. The number of primary amides is 1. The minimum atomic E-state index is -0.645. The molecule has 0 fully saturated rings. The first kappa shape index (κ1) is 12.4. The molecule has 0 saturated carbocycles. The molecule has 4 heteroatoms. The lowest BCUT2D eigenvalue weighted by atomic mass is 10.0. The summed E-state index contributed by atoms with van der Waals surface area (Å²) in [5.74, 6) is -0.772. The molecule has 0 bridgehead atoms. The molecule has 1 aromatic heterocycles. The molecule has 2 aromatic rings. The molecule has 3 N–H and O–H groups in total. The van der Waals surface area contributed by atoms with Gasteiger partial charge in [0.05, 0.1) is 5.56 Å². The van der Waals surface area contributed by atoms with E-state index in [-0.39, 0.29) is 11.3 Å². The zero-order valence-corrected chi connectivity index (χ0v) is 10.5. The molecular weight excluding hydrogens is 228 g/mol. The predicted molar refractivity (Wildman–Crippen MR) is 70.7 cm³/mol. The van der Waals surface area contributed by atoms with Gasteiger partial charge >= 0.3 is 0 Å². The van der Waals surface area contributed by atoms with Crippen LogP contribution < -0.4 is 5.73 Å². The number of carbonyl (C=O) groups is 1. The van der Waals surface area contributed by atoms with E-state index in [0.717, 1.165) is 29.5 Å². The van der Waals surface area contributed by atoms with Crippen LogP contribution in [-0.2, 0) is 6.42 Å². The highest BCUT2D eigenvalue weighted by molar-refractivity contribution is 6.01. The van der Waals surface area contributed by atoms with Gasteiger partial charge in [-0.25, -0.2) is 4.98 Å². The van der Waals surface area contributed by atoms with Crippen LogP contribution in [0.1, 0.15) is 35.0 Å². The van der Waals surface area contributed by atoms with Crippen molar-refractivity contribution in [3.8, 4) is 5.75 Å². The number of carbonyl (C=O) groups excluding carboxylic acids is 1. The molecule has 0 aliphatic rings. The van der Waals surface area contributed by atoms with Crippen LogP contribution in [0, 0.1) is 6.92 Å². The highest BCUT2D eigenvalue weighted by Gasteiger charge is 2.13. The van der Waals surface area contributed by atoms with Crippen molar-refractivity contribution in [1.29, 1.82) is 0 Å². The first-order valence-electron chi connectivity index (χ1n) is 5.96. The lowest BCUT2D eigenvalue weighted by molar-refractivity contribution is 0.0998. The summed E-state index contributed by atoms with van der Waals surface area (Å²) in [6.07, 6.45) is 1.83. The molecule has 94 valence electrons. The Hall–Kier alpha value is -2.10. The lowest BCUT2D eigenvalue weighted by Gasteiger charge is -2.09. The fourth-order valence-electron chi connectivity index (χ4n) is 2.06. The minimum absolute atomic E-state index is 0.112. The quantitative estimate of drug-likeness (QED) is 0.869. The third kappa shape index (κ3) is 2.01. The Bertz CT molecular complexity index is 621. The molecule has 0 aliphatic heterocycles. The number of nitrogens with zero attached hydrogens (tertiary/aromatic N) is 1. The normalized spacial score (nSPS) is 10.8. The maximum atomic E-state index is 11.2. The van der Waals surface area contributed by atoms with E-state index in [4.69, 9.17) is 5.73 Å². The summed E-state index contributed by atoms with van der Waals surface area (Å²) in [4.78, 5) is 15.6. The number of nitrogens with two attached hydrogens (primary N) is 1. The van der Waals surface area contributed by atoms with Crippen molar-refractivity contribution in [2.75, 3.05) is 0 Å². The van der Waals surface area contributed by atoms with Crippen LogP contribution in [0.15, 0.2) is 18.2 Å². The number of hydrogen-bond acceptors (Lipinski definition) is 3. The van der Waals surface area contributed by atoms with Crippen molar-refractivity contribution in [3.05, 3.63) is 35.0 Å². The van der Waals surface area contributed by atoms with E-state index in [1.54, 1.807) is 6.07 Å². The van der Waals surface area contributed by atoms with Gasteiger partial charge in [-0.1, -0.05) is 19.4 Å². The fraction of sp³-hybridized carbons (Fsp3) is 0.286. The number of phenols is 1. The molecule has 0 spiro atoms. The third-order valence-corrected chi connectivity index (χ3v) is 3.01. The number of aryl methyl sites for hydroxylation is 2. The first-order valence-corrected chi connectivity index (χ1v) is 5.96. The molecule has 0 saturated heterocycles. The molecule has 2 rings (SSSR count). The number of rotatable bonds is 3. The van der Waals surface area contributed by atoms with Crippen molar-refractivity contribution in [2.45, 2.75) is 26.7 Å². The monoisotopic (exact) mass is 244 g/mol. The van der Waals surface area contributed by atoms with Crippen LogP contribution >= 0.6 is 0 Å². The van der Waals surface area contributed by atoms with E-state index in [1.165, 1.54) is 6.07 Å². The van der Waals surface area contributed by atoms with E-state index < -0.39 is 5.91 Å². The van der Waals surface area contributed by atoms with Gasteiger partial charge < -0.3 is 10.8 Å². The second-order valence-corrected chi connectivity index (χ2v) is 4.40. The first-order chi connectivity index (χ1) is 8.54. The van der Waals surface area contributed by atoms with Gasteiger partial charge in [0.15, 0.2) is 5.75 Å². The van der Waals surface area contributed by atoms with Crippen LogP contribution in [0.3, 0.4) is 0 Å². The van der Waals surface area contributed by atoms with Gasteiger partial charge in [0.1, 0.15) is 5.52 Å². The summed E-state index contributed by atoms with van der Waals surface area (Å²) >= 11 is 0. The molecule has 0 radical (unpaired) electrons. The summed E-state index contributed by atoms with van der Waals surface area (Å²) in [5, 5.41) is 10.9. The summed E-state index contributed by atoms with van der Waals surface area (Å²) in [6, 6.07) is 5.25. The van der Waals surface area contributed by atoms with Crippen molar-refractivity contribution in [2.24, 2.45) is 5.73 Å². The molecule has 0 unspecified atom stereocenters. The van der Waals surface area contributed by atoms with Crippen molar-refractivity contribution >= 4 is 16.8 Å². The van der Waals surface area contributed by atoms with Gasteiger partial charge in [-0.05, 0) is 31.0 Å². The van der Waals surface area contributed by atoms with Crippen LogP contribution in [0.5, 0.6) is 5.75 Å². The molecule has 1 amide bonds. The number of hydrogen-bond donors (Lipinski definition) is 2. The van der Waals surface area contributed by atoms with Crippen LogP contribution in [-0.4, -0.2) is 16.0 Å². The van der Waals surface area contributed by atoms with Crippen molar-refractivity contribution in [3.63, 3.8) is 0 Å². The molecule has 18 heavy (non-hydrogen) atoms. The van der Waals surface area contributed by atoms with Gasteiger partial charge in [-0.15, -0.1) is 0 Å². The Kier molecular flexibility index (Phi) is 3.19. The molecule has 1 aromatic carbocycles. The summed E-state index contributed by atoms with van der Waals surface area (Å²) in [5.41, 5.74) is 7.80. The van der Waals surface area contributed by atoms with Gasteiger partial charge in [-0.2, -0.15) is 0 Å². The number of aromatic hydroxyl groups is 1. The second-order valence-electron chi connectivity index (χ2n) is 4.40. The number of benzene rings is 1. The number of aromatic nitrogens is 1. The largest absolute Gasteiger partial charge is 0.505 e. The van der Waals surface area contributed by atoms with E-state index in [9.17, 15) is 9.90 Å². The fourth-order valence-corrected chi connectivity index (χ4v) is 2.06. The Labute approximate surface area is 105 Å². The summed E-state index contributed by atoms with van der Waals surface area (Å²) in [6.45, 7) is 4.07. The van der Waals surface area contributed by atoms with Gasteiger partial charge in [-0.3, -0.25) is 4.79 Å². The van der Waals surface area contributed by atoms with Crippen LogP contribution in [0.2, 0.25) is 0 Å². The topological polar surface area (TPSA) is 76.2 Å². The number of pyridine rings is 1. The van der Waals surface area contributed by atoms with Gasteiger partial charge in [0, 0.05) is 11.1 Å². The Morgan fingerprint density at radius 2 is 2.17 bits per heavy atom. The molecule has 0 aliphatic carbocycles. The molecule has 1 heterocycles. The smallest absolute Gasteiger partial charge is 0.252 e. The van der Waals surface area contributed by atoms with Crippen molar-refractivity contribution < 1.29 is 9.90 Å². The average Bonchev–Trinajstić information content (AvgIpc) is 2.31. The SMILES string of the molecule is CCCc1nc2c(O)c(C(N)=O)ccc2cc1C. The standard InChI is InChI=1S/C14H16N2O2/c1-3-4-11-8(2)7-9-5-6-10(14(15)18)13(17)12(9)16-11/h5-7,17H,3-4H2,1-2H3,(H2,15,18). The third-order valence-electron chi connectivity index (χ3n) is 3.01. The van der Waals surface area contributed by atoms with Crippen LogP contribution in [0.4, 0.5) is 0 Å². The number of amides is 1. The highest BCUT2D eigenvalue weighted by Crippen LogP contribution is 2.28.